The smallest absolute Gasteiger partial charge is 0.414 e. The van der Waals surface area contributed by atoms with Crippen molar-refractivity contribution in [1.29, 1.82) is 0 Å². The lowest BCUT2D eigenvalue weighted by Gasteiger charge is -2.22. The normalized spacial score (nSPS) is 14.4. The molecule has 1 atom stereocenters. The minimum Gasteiger partial charge on any atom is -0.497 e. The molecule has 0 saturated heterocycles. The summed E-state index contributed by atoms with van der Waals surface area (Å²) in [4.78, 5) is 31.1. The van der Waals surface area contributed by atoms with Gasteiger partial charge in [0.2, 0.25) is 0 Å². The lowest BCUT2D eigenvalue weighted by atomic mass is 9.97. The van der Waals surface area contributed by atoms with Crippen LogP contribution in [0.4, 0.5) is 0 Å². The largest absolute Gasteiger partial charge is 0.497 e. The van der Waals surface area contributed by atoms with E-state index >= 15 is 0 Å². The Labute approximate surface area is 208 Å². The van der Waals surface area contributed by atoms with Gasteiger partial charge < -0.3 is 20.3 Å². The van der Waals surface area contributed by atoms with E-state index in [1.165, 1.54) is 5.39 Å². The molecule has 1 aliphatic rings. The Balaban J connectivity index is 0.000000538. The summed E-state index contributed by atoms with van der Waals surface area (Å²) in [6, 6.07) is 22.3. The molecule has 0 aromatic heterocycles. The lowest BCUT2D eigenvalue weighted by Crippen LogP contribution is -2.35. The molecule has 0 saturated carbocycles. The molecule has 9 heteroatoms. The summed E-state index contributed by atoms with van der Waals surface area (Å²) in [7, 11) is 1.65. The van der Waals surface area contributed by atoms with Gasteiger partial charge in [-0.2, -0.15) is 5.10 Å². The molecule has 1 aliphatic heterocycles. The maximum Gasteiger partial charge on any atom is 0.414 e. The first-order valence-electron chi connectivity index (χ1n) is 11.1. The van der Waals surface area contributed by atoms with Crippen LogP contribution in [0, 0.1) is 0 Å². The Kier molecular flexibility index (Phi) is 8.90. The number of nitrogens with one attached hydrogen (secondary N) is 1. The van der Waals surface area contributed by atoms with Crippen molar-refractivity contribution in [3.63, 3.8) is 0 Å². The van der Waals surface area contributed by atoms with Gasteiger partial charge >= 0.3 is 11.9 Å². The quantitative estimate of drug-likeness (QED) is 0.263. The second-order valence-electron chi connectivity index (χ2n) is 7.87. The van der Waals surface area contributed by atoms with Crippen LogP contribution in [0.3, 0.4) is 0 Å². The first kappa shape index (κ1) is 26.1. The molecule has 1 amide bonds. The number of carboxylic acids is 2. The third kappa shape index (κ3) is 6.55. The van der Waals surface area contributed by atoms with Crippen LogP contribution in [-0.2, 0) is 14.4 Å². The zero-order valence-corrected chi connectivity index (χ0v) is 19.8. The van der Waals surface area contributed by atoms with Crippen molar-refractivity contribution in [3.05, 3.63) is 90.5 Å². The Morgan fingerprint density at radius 2 is 1.72 bits per heavy atom. The monoisotopic (exact) mass is 489 g/mol. The summed E-state index contributed by atoms with van der Waals surface area (Å²) >= 11 is 0. The number of nitrogens with zero attached hydrogens (tertiary/aromatic N) is 2. The fourth-order valence-corrected chi connectivity index (χ4v) is 3.73. The summed E-state index contributed by atoms with van der Waals surface area (Å²) in [5.41, 5.74) is 2.99. The number of benzene rings is 3. The van der Waals surface area contributed by atoms with Crippen LogP contribution in [0.1, 0.15) is 23.6 Å². The van der Waals surface area contributed by atoms with Crippen LogP contribution in [0.15, 0.2) is 84.5 Å². The zero-order chi connectivity index (χ0) is 26.1. The third-order valence-corrected chi connectivity index (χ3v) is 5.50. The highest BCUT2D eigenvalue weighted by Crippen LogP contribution is 2.34. The molecular formula is C27H27N3O6. The molecule has 9 nitrogen and oxygen atoms in total. The predicted molar refractivity (Wildman–Crippen MR) is 136 cm³/mol. The summed E-state index contributed by atoms with van der Waals surface area (Å²) < 4.78 is 5.27. The first-order valence-corrected chi connectivity index (χ1v) is 11.1. The average molecular weight is 490 g/mol. The van der Waals surface area contributed by atoms with Gasteiger partial charge in [0.15, 0.2) is 0 Å². The topological polar surface area (TPSA) is 129 Å². The van der Waals surface area contributed by atoms with Crippen LogP contribution >= 0.6 is 0 Å². The van der Waals surface area contributed by atoms with Crippen LogP contribution in [0.2, 0.25) is 0 Å². The van der Waals surface area contributed by atoms with E-state index in [4.69, 9.17) is 29.6 Å². The minimum atomic E-state index is -1.82. The van der Waals surface area contributed by atoms with Crippen molar-refractivity contribution >= 4 is 34.3 Å². The molecule has 3 N–H and O–H groups in total. The second-order valence-corrected chi connectivity index (χ2v) is 7.87. The van der Waals surface area contributed by atoms with Gasteiger partial charge in [0, 0.05) is 13.0 Å². The number of fused-ring (bicyclic) bond motifs is 1. The maximum absolute atomic E-state index is 12.9. The molecule has 1 heterocycles. The van der Waals surface area contributed by atoms with Gasteiger partial charge in [0.05, 0.1) is 25.4 Å². The molecule has 0 fully saturated rings. The molecule has 3 aromatic carbocycles. The number of ether oxygens (including phenoxy) is 1. The van der Waals surface area contributed by atoms with E-state index in [9.17, 15) is 4.79 Å². The van der Waals surface area contributed by atoms with Crippen LogP contribution in [-0.4, -0.2) is 59.0 Å². The standard InChI is InChI=1S/C25H25N3O2.C2H2O4/c1-3-14-26-17-25(29)28-24(19-10-12-22(30-2)13-11-19)16-23(27-28)21-9-8-18-6-4-5-7-20(18)15-21;3-1(4)2(5)6/h3-13,15,24,26H,1,14,16-17H2,2H3;(H,3,4)(H,5,6). The summed E-state index contributed by atoms with van der Waals surface area (Å²) in [5, 5.41) is 26.6. The van der Waals surface area contributed by atoms with Crippen molar-refractivity contribution in [1.82, 2.24) is 10.3 Å². The Bertz CT molecular complexity index is 1270. The summed E-state index contributed by atoms with van der Waals surface area (Å²) in [5.74, 6) is -2.92. The van der Waals surface area contributed by atoms with E-state index in [0.29, 0.717) is 13.0 Å². The number of hydrogen-bond acceptors (Lipinski definition) is 6. The molecule has 0 spiro atoms. The number of carboxylic acid groups (broad SMARTS) is 2. The predicted octanol–water partition coefficient (Wildman–Crippen LogP) is 3.46. The lowest BCUT2D eigenvalue weighted by molar-refractivity contribution is -0.159. The maximum atomic E-state index is 12.9. The molecule has 0 radical (unpaired) electrons. The number of hydrazone groups is 1. The van der Waals surface area contributed by atoms with Crippen molar-refractivity contribution in [2.45, 2.75) is 12.5 Å². The van der Waals surface area contributed by atoms with Gasteiger partial charge in [0.25, 0.3) is 5.91 Å². The molecule has 4 rings (SSSR count). The first-order chi connectivity index (χ1) is 17.3. The highest BCUT2D eigenvalue weighted by molar-refractivity contribution is 6.27. The van der Waals surface area contributed by atoms with Crippen LogP contribution < -0.4 is 10.1 Å². The van der Waals surface area contributed by atoms with E-state index in [-0.39, 0.29) is 18.5 Å². The Morgan fingerprint density at radius 3 is 2.33 bits per heavy atom. The van der Waals surface area contributed by atoms with Gasteiger partial charge in [-0.1, -0.05) is 54.6 Å². The molecule has 1 unspecified atom stereocenters. The van der Waals surface area contributed by atoms with Crippen molar-refractivity contribution in [2.24, 2.45) is 5.10 Å². The number of carbonyl (C=O) groups excluding carboxylic acids is 1. The van der Waals surface area contributed by atoms with E-state index in [2.05, 4.69) is 42.2 Å². The molecular weight excluding hydrogens is 462 g/mol. The fourth-order valence-electron chi connectivity index (χ4n) is 3.73. The van der Waals surface area contributed by atoms with Crippen molar-refractivity contribution < 1.29 is 29.3 Å². The minimum absolute atomic E-state index is 0.0616. The Morgan fingerprint density at radius 1 is 1.06 bits per heavy atom. The number of methoxy groups -OCH3 is 1. The number of hydrogen-bond donors (Lipinski definition) is 3. The molecule has 186 valence electrons. The van der Waals surface area contributed by atoms with Gasteiger partial charge in [0.1, 0.15) is 5.75 Å². The van der Waals surface area contributed by atoms with Crippen molar-refractivity contribution in [2.75, 3.05) is 20.2 Å². The van der Waals surface area contributed by atoms with E-state index in [0.717, 1.165) is 28.0 Å². The Hall–Kier alpha value is -4.50. The SMILES string of the molecule is C=CCNCC(=O)N1N=C(c2ccc3ccccc3c2)CC1c1ccc(OC)cc1.O=C(O)C(=O)O. The second kappa shape index (κ2) is 12.3. The zero-order valence-electron chi connectivity index (χ0n) is 19.8. The van der Waals surface area contributed by atoms with Gasteiger partial charge in [-0.15, -0.1) is 6.58 Å². The van der Waals surface area contributed by atoms with Crippen molar-refractivity contribution in [3.8, 4) is 5.75 Å². The summed E-state index contributed by atoms with van der Waals surface area (Å²) in [6.07, 6.45) is 2.40. The molecule has 0 aliphatic carbocycles. The molecule has 36 heavy (non-hydrogen) atoms. The number of rotatable bonds is 7. The number of carbonyl (C=O) groups is 3. The highest BCUT2D eigenvalue weighted by Gasteiger charge is 2.32. The number of aliphatic carboxylic acids is 2. The summed E-state index contributed by atoms with van der Waals surface area (Å²) in [6.45, 7) is 4.48. The van der Waals surface area contributed by atoms with E-state index in [1.54, 1.807) is 18.2 Å². The molecule has 3 aromatic rings. The number of amides is 1. The third-order valence-electron chi connectivity index (χ3n) is 5.50. The van der Waals surface area contributed by atoms with E-state index < -0.39 is 11.9 Å². The van der Waals surface area contributed by atoms with Crippen LogP contribution in [0.5, 0.6) is 5.75 Å². The highest BCUT2D eigenvalue weighted by atomic mass is 16.5. The van der Waals surface area contributed by atoms with Gasteiger partial charge in [-0.3, -0.25) is 4.79 Å². The van der Waals surface area contributed by atoms with Gasteiger partial charge in [-0.05, 0) is 40.1 Å². The van der Waals surface area contributed by atoms with Gasteiger partial charge in [-0.25, -0.2) is 14.6 Å². The van der Waals surface area contributed by atoms with E-state index in [1.807, 2.05) is 36.4 Å². The average Bonchev–Trinajstić information content (AvgIpc) is 3.34. The fraction of sp³-hybridized carbons (Fsp3) is 0.185. The van der Waals surface area contributed by atoms with Crippen LogP contribution in [0.25, 0.3) is 10.8 Å². The molecule has 0 bridgehead atoms.